The van der Waals surface area contributed by atoms with Crippen molar-refractivity contribution in [2.45, 2.75) is 43.5 Å². The van der Waals surface area contributed by atoms with Crippen molar-refractivity contribution in [1.29, 1.82) is 0 Å². The van der Waals surface area contributed by atoms with Gasteiger partial charge >= 0.3 is 0 Å². The molecule has 3 heterocycles. The highest BCUT2D eigenvalue weighted by Gasteiger charge is 2.21. The summed E-state index contributed by atoms with van der Waals surface area (Å²) in [6.07, 6.45) is 0. The van der Waals surface area contributed by atoms with Crippen molar-refractivity contribution in [3.05, 3.63) is 115 Å². The molecule has 370 valence electrons. The summed E-state index contributed by atoms with van der Waals surface area (Å²) in [5.74, 6) is 2.87. The van der Waals surface area contributed by atoms with Crippen LogP contribution in [-0.4, -0.2) is 87.0 Å². The van der Waals surface area contributed by atoms with E-state index in [9.17, 15) is 13.0 Å². The number of thioether (sulfide) groups is 1. The van der Waals surface area contributed by atoms with Crippen LogP contribution in [0.3, 0.4) is 0 Å². The summed E-state index contributed by atoms with van der Waals surface area (Å²) in [6, 6.07) is 32.8. The summed E-state index contributed by atoms with van der Waals surface area (Å²) in [5, 5.41) is 26.1. The van der Waals surface area contributed by atoms with E-state index < -0.39 is 10.1 Å². The predicted octanol–water partition coefficient (Wildman–Crippen LogP) is 12.5. The van der Waals surface area contributed by atoms with Gasteiger partial charge in [0.05, 0.1) is 41.9 Å². The van der Waals surface area contributed by atoms with Crippen LogP contribution in [0.15, 0.2) is 140 Å². The second-order valence-electron chi connectivity index (χ2n) is 15.3. The van der Waals surface area contributed by atoms with E-state index in [0.717, 1.165) is 45.6 Å². The maximum Gasteiger partial charge on any atom is 0.294 e. The molecule has 0 bridgehead atoms. The Morgan fingerprint density at radius 3 is 1.57 bits per heavy atom. The number of anilines is 6. The van der Waals surface area contributed by atoms with Gasteiger partial charge in [0.15, 0.2) is 16.8 Å². The molecule has 0 radical (unpaired) electrons. The number of benzene rings is 5. The molecule has 0 aliphatic rings. The van der Waals surface area contributed by atoms with Gasteiger partial charge in [-0.1, -0.05) is 84.6 Å². The monoisotopic (exact) mass is 1040 g/mol. The number of nitrogens with one attached hydrogen (secondary N) is 2. The van der Waals surface area contributed by atoms with E-state index in [2.05, 4.69) is 87.3 Å². The van der Waals surface area contributed by atoms with Gasteiger partial charge in [-0.3, -0.25) is 4.55 Å². The number of azo groups is 2. The van der Waals surface area contributed by atoms with Crippen LogP contribution in [-0.2, 0) is 15.9 Å². The van der Waals surface area contributed by atoms with Gasteiger partial charge in [0.2, 0.25) is 22.2 Å². The molecule has 0 aliphatic carbocycles. The van der Waals surface area contributed by atoms with Crippen LogP contribution in [0.5, 0.6) is 11.5 Å². The van der Waals surface area contributed by atoms with Crippen LogP contribution in [0.1, 0.15) is 33.3 Å². The molecule has 0 saturated heterocycles. The number of ether oxygens (including phenoxy) is 2. The average molecular weight is 1040 g/mol. The molecule has 0 unspecified atom stereocenters. The minimum absolute atomic E-state index is 0.186. The van der Waals surface area contributed by atoms with Gasteiger partial charge in [0.25, 0.3) is 10.1 Å². The standard InChI is InChI=1S/C48H49N15O5S4/c1-7-62(8-2)38-25-34(36(27-40(38)67-5)56-58-47-51-42(60-70-47)31-20-15-12-16-21-31)49-44-53-45(55-46(54-44)69-29-30-18-13-11-14-19-30)50-35-26-39(63(9-3)10-4)41(68-6)28-37(35)57-59-48-52-43(61-71-48)32-22-17-23-33(24-32)72(64,65)66/h11-28H,7-10,29H2,1-6H3,(H,64,65,66)(H2,49,50,53,54,55). The third-order valence-corrected chi connectivity index (χ3v) is 13.8. The number of hydrogen-bond donors (Lipinski definition) is 3. The van der Waals surface area contributed by atoms with Crippen molar-refractivity contribution >= 4 is 101 Å². The lowest BCUT2D eigenvalue weighted by molar-refractivity contribution is 0.414. The summed E-state index contributed by atoms with van der Waals surface area (Å²) in [6.45, 7) is 11.0. The molecule has 8 aromatic rings. The van der Waals surface area contributed by atoms with Gasteiger partial charge in [0, 0.05) is 78.3 Å². The van der Waals surface area contributed by atoms with Gasteiger partial charge in [-0.15, -0.1) is 20.5 Å². The van der Waals surface area contributed by atoms with Crippen LogP contribution in [0.2, 0.25) is 0 Å². The number of aromatic nitrogens is 7. The molecule has 24 heteroatoms. The fourth-order valence-corrected chi connectivity index (χ4v) is 9.60. The van der Waals surface area contributed by atoms with E-state index in [-0.39, 0.29) is 27.7 Å². The van der Waals surface area contributed by atoms with Crippen molar-refractivity contribution in [1.82, 2.24) is 33.7 Å². The summed E-state index contributed by atoms with van der Waals surface area (Å²) >= 11 is 3.53. The first-order valence-electron chi connectivity index (χ1n) is 22.5. The van der Waals surface area contributed by atoms with E-state index in [1.807, 2.05) is 78.9 Å². The van der Waals surface area contributed by atoms with Gasteiger partial charge in [-0.25, -0.2) is 0 Å². The first kappa shape index (κ1) is 50.9. The summed E-state index contributed by atoms with van der Waals surface area (Å²) in [5.41, 5.74) is 5.74. The molecule has 3 aromatic heterocycles. The molecule has 3 N–H and O–H groups in total. The quantitative estimate of drug-likeness (QED) is 0.0324. The average Bonchev–Trinajstić information content (AvgIpc) is 4.09. The lowest BCUT2D eigenvalue weighted by Crippen LogP contribution is -2.22. The van der Waals surface area contributed by atoms with Crippen molar-refractivity contribution in [3.8, 4) is 34.3 Å². The molecule has 5 aromatic carbocycles. The van der Waals surface area contributed by atoms with E-state index in [4.69, 9.17) is 24.4 Å². The maximum atomic E-state index is 11.8. The predicted molar refractivity (Wildman–Crippen MR) is 284 cm³/mol. The third kappa shape index (κ3) is 12.5. The normalized spacial score (nSPS) is 11.6. The van der Waals surface area contributed by atoms with Crippen LogP contribution in [0.25, 0.3) is 22.8 Å². The smallest absolute Gasteiger partial charge is 0.294 e. The Labute approximate surface area is 428 Å². The Hall–Kier alpha value is -7.51. The van der Waals surface area contributed by atoms with Gasteiger partial charge in [-0.2, -0.15) is 42.1 Å². The maximum absolute atomic E-state index is 11.8. The molecule has 0 saturated carbocycles. The molecular weight excluding hydrogens is 995 g/mol. The van der Waals surface area contributed by atoms with Crippen LogP contribution in [0, 0.1) is 0 Å². The molecule has 8 rings (SSSR count). The first-order chi connectivity index (χ1) is 35.0. The zero-order chi connectivity index (χ0) is 50.6. The zero-order valence-corrected chi connectivity index (χ0v) is 43.2. The van der Waals surface area contributed by atoms with Gasteiger partial charge in [-0.05, 0) is 57.5 Å². The molecule has 0 spiro atoms. The Bertz CT molecular complexity index is 3300. The van der Waals surface area contributed by atoms with Gasteiger partial charge in [0.1, 0.15) is 22.9 Å². The minimum Gasteiger partial charge on any atom is -0.494 e. The Balaban J connectivity index is 1.20. The van der Waals surface area contributed by atoms with Crippen LogP contribution < -0.4 is 29.9 Å². The Morgan fingerprint density at radius 1 is 0.597 bits per heavy atom. The van der Waals surface area contributed by atoms with Crippen molar-refractivity contribution in [2.24, 2.45) is 20.5 Å². The minimum atomic E-state index is -4.45. The molecule has 72 heavy (non-hydrogen) atoms. The topological polar surface area (TPSA) is 243 Å². The summed E-state index contributed by atoms with van der Waals surface area (Å²) in [4.78, 5) is 27.8. The second kappa shape index (κ2) is 23.6. The number of hydrogen-bond acceptors (Lipinski definition) is 22. The highest BCUT2D eigenvalue weighted by Crippen LogP contribution is 2.43. The van der Waals surface area contributed by atoms with Crippen molar-refractivity contribution in [2.75, 3.05) is 60.8 Å². The zero-order valence-electron chi connectivity index (χ0n) is 40.0. The fourth-order valence-electron chi connectivity index (χ4n) is 7.25. The highest BCUT2D eigenvalue weighted by atomic mass is 32.2. The van der Waals surface area contributed by atoms with Gasteiger partial charge < -0.3 is 29.9 Å². The summed E-state index contributed by atoms with van der Waals surface area (Å²) in [7, 11) is -1.24. The molecule has 0 atom stereocenters. The second-order valence-corrected chi connectivity index (χ2v) is 19.1. The van der Waals surface area contributed by atoms with Crippen LogP contribution in [0.4, 0.5) is 56.3 Å². The van der Waals surface area contributed by atoms with Crippen molar-refractivity contribution in [3.63, 3.8) is 0 Å². The molecule has 0 aliphatic heterocycles. The molecule has 20 nitrogen and oxygen atoms in total. The van der Waals surface area contributed by atoms with Crippen LogP contribution >= 0.6 is 34.8 Å². The number of nitrogens with zero attached hydrogens (tertiary/aromatic N) is 13. The largest absolute Gasteiger partial charge is 0.494 e. The molecule has 0 fully saturated rings. The van der Waals surface area contributed by atoms with E-state index in [1.54, 1.807) is 26.4 Å². The van der Waals surface area contributed by atoms with E-state index in [0.29, 0.717) is 87.9 Å². The fraction of sp³-hybridized carbons (Fsp3) is 0.229. The lowest BCUT2D eigenvalue weighted by atomic mass is 10.2. The third-order valence-electron chi connectivity index (χ3n) is 10.9. The first-order valence-corrected chi connectivity index (χ1v) is 26.5. The molecular formula is C48H49N15O5S4. The summed E-state index contributed by atoms with van der Waals surface area (Å²) < 4.78 is 54.0. The Kier molecular flexibility index (Phi) is 16.7. The van der Waals surface area contributed by atoms with E-state index >= 15 is 0 Å². The highest BCUT2D eigenvalue weighted by molar-refractivity contribution is 7.98. The Morgan fingerprint density at radius 2 is 1.08 bits per heavy atom. The lowest BCUT2D eigenvalue weighted by Gasteiger charge is -2.25. The van der Waals surface area contributed by atoms with Crippen molar-refractivity contribution < 1.29 is 22.4 Å². The molecule has 0 amide bonds. The number of methoxy groups -OCH3 is 2. The number of rotatable bonds is 22. The SMILES string of the molecule is CCN(CC)c1cc(Nc2nc(Nc3cc(N(CC)CC)c(OC)cc3N=Nc3nc(-c4cccc(S(=O)(=O)O)c4)ns3)nc(SCc3ccccc3)n2)c(N=Nc2nc(-c3ccccc3)ns2)cc1OC. The van der Waals surface area contributed by atoms with E-state index in [1.165, 1.54) is 30.0 Å².